The minimum absolute atomic E-state index is 0.659. The molecule has 1 heterocycles. The van der Waals surface area contributed by atoms with Crippen molar-refractivity contribution in [2.75, 3.05) is 5.75 Å². The molecule has 0 aliphatic carbocycles. The molecule has 0 saturated heterocycles. The van der Waals surface area contributed by atoms with E-state index in [1.165, 1.54) is 16.7 Å². The van der Waals surface area contributed by atoms with Crippen LogP contribution in [0.3, 0.4) is 0 Å². The average molecular weight is 254 g/mol. The van der Waals surface area contributed by atoms with Crippen LogP contribution in [0, 0.1) is 0 Å². The van der Waals surface area contributed by atoms with Crippen LogP contribution in [0.15, 0.2) is 65.1 Å². The topological polar surface area (TPSA) is 17.1 Å². The fourth-order valence-electron chi connectivity index (χ4n) is 2.29. The number of rotatable bonds is 1. The molecule has 0 aromatic heterocycles. The highest BCUT2D eigenvalue weighted by atomic mass is 32.2. The summed E-state index contributed by atoms with van der Waals surface area (Å²) in [4.78, 5) is 1.00. The van der Waals surface area contributed by atoms with E-state index < -0.39 is 10.8 Å². The summed E-state index contributed by atoms with van der Waals surface area (Å²) >= 11 is 0. The molecular weight excluding hydrogens is 240 g/mol. The second kappa shape index (κ2) is 4.91. The van der Waals surface area contributed by atoms with Crippen molar-refractivity contribution in [1.29, 1.82) is 0 Å². The van der Waals surface area contributed by atoms with E-state index in [2.05, 4.69) is 24.3 Å². The Morgan fingerprint density at radius 1 is 0.944 bits per heavy atom. The maximum atomic E-state index is 12.2. The first-order valence-electron chi connectivity index (χ1n) is 6.04. The Balaban J connectivity index is 1.95. The number of benzene rings is 2. The van der Waals surface area contributed by atoms with Gasteiger partial charge in [-0.2, -0.15) is 0 Å². The monoisotopic (exact) mass is 254 g/mol. The summed E-state index contributed by atoms with van der Waals surface area (Å²) in [5.74, 6) is 0.659. The van der Waals surface area contributed by atoms with Crippen LogP contribution in [0.4, 0.5) is 0 Å². The molecule has 1 atom stereocenters. The average Bonchev–Trinajstić information content (AvgIpc) is 2.40. The van der Waals surface area contributed by atoms with Gasteiger partial charge in [-0.15, -0.1) is 0 Å². The molecule has 0 spiro atoms. The molecule has 1 aliphatic heterocycles. The quantitative estimate of drug-likeness (QED) is 0.762. The highest BCUT2D eigenvalue weighted by Crippen LogP contribution is 2.26. The third kappa shape index (κ3) is 2.29. The molecule has 0 amide bonds. The van der Waals surface area contributed by atoms with Crippen LogP contribution >= 0.6 is 0 Å². The van der Waals surface area contributed by atoms with Gasteiger partial charge in [0.25, 0.3) is 0 Å². The van der Waals surface area contributed by atoms with Crippen molar-refractivity contribution in [3.8, 4) is 0 Å². The molecule has 0 radical (unpaired) electrons. The van der Waals surface area contributed by atoms with Crippen LogP contribution in [-0.2, 0) is 17.2 Å². The fourth-order valence-corrected chi connectivity index (χ4v) is 3.63. The van der Waals surface area contributed by atoms with Crippen molar-refractivity contribution in [3.05, 3.63) is 71.3 Å². The molecule has 0 saturated carbocycles. The second-order valence-electron chi connectivity index (χ2n) is 4.49. The summed E-state index contributed by atoms with van der Waals surface area (Å²) in [6, 6.07) is 18.3. The summed E-state index contributed by atoms with van der Waals surface area (Å²) in [5, 5.41) is 0. The van der Waals surface area contributed by atoms with Crippen molar-refractivity contribution in [1.82, 2.24) is 0 Å². The maximum Gasteiger partial charge on any atom is 0.0573 e. The van der Waals surface area contributed by atoms with Crippen LogP contribution in [0.5, 0.6) is 0 Å². The normalized spacial score (nSPS) is 20.7. The van der Waals surface area contributed by atoms with Crippen LogP contribution in [-0.4, -0.2) is 9.96 Å². The van der Waals surface area contributed by atoms with Crippen LogP contribution < -0.4 is 0 Å². The minimum atomic E-state index is -0.887. The third-order valence-electron chi connectivity index (χ3n) is 3.12. The summed E-state index contributed by atoms with van der Waals surface area (Å²) in [7, 11) is -0.887. The predicted molar refractivity (Wildman–Crippen MR) is 75.8 cm³/mol. The number of fused-ring (bicyclic) bond motifs is 1. The van der Waals surface area contributed by atoms with Gasteiger partial charge in [-0.25, -0.2) is 0 Å². The van der Waals surface area contributed by atoms with Gasteiger partial charge < -0.3 is 0 Å². The second-order valence-corrected chi connectivity index (χ2v) is 5.91. The molecule has 1 nitrogen and oxygen atoms in total. The summed E-state index contributed by atoms with van der Waals surface area (Å²) in [5.41, 5.74) is 3.63. The molecule has 3 rings (SSSR count). The van der Waals surface area contributed by atoms with Gasteiger partial charge in [-0.1, -0.05) is 60.2 Å². The van der Waals surface area contributed by atoms with E-state index in [1.807, 2.05) is 36.4 Å². The molecule has 18 heavy (non-hydrogen) atoms. The van der Waals surface area contributed by atoms with E-state index in [4.69, 9.17) is 0 Å². The largest absolute Gasteiger partial charge is 0.254 e. The maximum absolute atomic E-state index is 12.2. The molecule has 1 unspecified atom stereocenters. The lowest BCUT2D eigenvalue weighted by atomic mass is 10.0. The first kappa shape index (κ1) is 11.4. The van der Waals surface area contributed by atoms with Gasteiger partial charge in [0.2, 0.25) is 0 Å². The molecule has 90 valence electrons. The van der Waals surface area contributed by atoms with Crippen molar-refractivity contribution >= 4 is 16.9 Å². The van der Waals surface area contributed by atoms with Gasteiger partial charge >= 0.3 is 0 Å². The van der Waals surface area contributed by atoms with Crippen molar-refractivity contribution in [2.24, 2.45) is 0 Å². The fraction of sp³-hybridized carbons (Fsp3) is 0.125. The van der Waals surface area contributed by atoms with Crippen molar-refractivity contribution < 1.29 is 4.21 Å². The van der Waals surface area contributed by atoms with E-state index in [1.54, 1.807) is 0 Å². The zero-order chi connectivity index (χ0) is 12.4. The van der Waals surface area contributed by atoms with Gasteiger partial charge in [-0.05, 0) is 23.6 Å². The van der Waals surface area contributed by atoms with Gasteiger partial charge in [0.15, 0.2) is 0 Å². The van der Waals surface area contributed by atoms with Crippen LogP contribution in [0.2, 0.25) is 0 Å². The Kier molecular flexibility index (Phi) is 3.11. The Labute approximate surface area is 110 Å². The highest BCUT2D eigenvalue weighted by molar-refractivity contribution is 7.85. The van der Waals surface area contributed by atoms with E-state index in [-0.39, 0.29) is 0 Å². The number of hydrogen-bond acceptors (Lipinski definition) is 1. The van der Waals surface area contributed by atoms with E-state index in [9.17, 15) is 4.21 Å². The Hall–Kier alpha value is -1.67. The van der Waals surface area contributed by atoms with Crippen LogP contribution in [0.1, 0.15) is 11.1 Å². The lowest BCUT2D eigenvalue weighted by molar-refractivity contribution is 0.681. The lowest BCUT2D eigenvalue weighted by Gasteiger charge is -2.18. The molecule has 0 fully saturated rings. The minimum Gasteiger partial charge on any atom is -0.254 e. The summed E-state index contributed by atoms with van der Waals surface area (Å²) in [6.07, 6.45) is 3.07. The Bertz CT molecular complexity index is 614. The standard InChI is InChI=1S/C16H14OS/c17-18-12-14(10-13-6-2-1-3-7-13)11-15-8-4-5-9-16(15)18/h1-10H,11-12H2. The Morgan fingerprint density at radius 3 is 2.50 bits per heavy atom. The molecule has 0 N–H and O–H groups in total. The highest BCUT2D eigenvalue weighted by Gasteiger charge is 2.18. The first-order valence-corrected chi connectivity index (χ1v) is 7.35. The van der Waals surface area contributed by atoms with Gasteiger partial charge in [0.05, 0.1) is 10.8 Å². The first-order chi connectivity index (χ1) is 8.83. The van der Waals surface area contributed by atoms with E-state index in [0.29, 0.717) is 5.75 Å². The lowest BCUT2D eigenvalue weighted by Crippen LogP contribution is -2.12. The molecule has 2 aromatic carbocycles. The predicted octanol–water partition coefficient (Wildman–Crippen LogP) is 3.43. The van der Waals surface area contributed by atoms with Gasteiger partial charge in [0, 0.05) is 10.6 Å². The smallest absolute Gasteiger partial charge is 0.0573 e. The summed E-state index contributed by atoms with van der Waals surface area (Å²) < 4.78 is 12.2. The van der Waals surface area contributed by atoms with Crippen LogP contribution in [0.25, 0.3) is 6.08 Å². The summed E-state index contributed by atoms with van der Waals surface area (Å²) in [6.45, 7) is 0. The molecule has 0 bridgehead atoms. The SMILES string of the molecule is O=S1CC(=Cc2ccccc2)Cc2ccccc21. The zero-order valence-corrected chi connectivity index (χ0v) is 10.8. The van der Waals surface area contributed by atoms with Gasteiger partial charge in [0.1, 0.15) is 0 Å². The third-order valence-corrected chi connectivity index (χ3v) is 4.64. The van der Waals surface area contributed by atoms with Gasteiger partial charge in [-0.3, -0.25) is 4.21 Å². The van der Waals surface area contributed by atoms with Crippen molar-refractivity contribution in [3.63, 3.8) is 0 Å². The van der Waals surface area contributed by atoms with E-state index >= 15 is 0 Å². The molecule has 2 aromatic rings. The van der Waals surface area contributed by atoms with E-state index in [0.717, 1.165) is 11.3 Å². The number of hydrogen-bond donors (Lipinski definition) is 0. The zero-order valence-electron chi connectivity index (χ0n) is 10.0. The molecule has 1 aliphatic rings. The van der Waals surface area contributed by atoms with Crippen molar-refractivity contribution in [2.45, 2.75) is 11.3 Å². The molecular formula is C16H14OS. The molecule has 2 heteroatoms. The Morgan fingerprint density at radius 2 is 1.67 bits per heavy atom.